The van der Waals surface area contributed by atoms with Crippen LogP contribution in [0.5, 0.6) is 5.75 Å². The van der Waals surface area contributed by atoms with Crippen molar-refractivity contribution in [2.75, 3.05) is 0 Å². The van der Waals surface area contributed by atoms with Crippen LogP contribution in [0.4, 0.5) is 0 Å². The number of benzene rings is 2. The summed E-state index contributed by atoms with van der Waals surface area (Å²) in [5, 5.41) is 9.24. The van der Waals surface area contributed by atoms with Crippen molar-refractivity contribution in [1.29, 1.82) is 0 Å². The van der Waals surface area contributed by atoms with E-state index in [-0.39, 0.29) is 6.61 Å². The van der Waals surface area contributed by atoms with Crippen LogP contribution in [-0.4, -0.2) is 10.2 Å². The third kappa shape index (κ3) is 3.54. The third-order valence-electron chi connectivity index (χ3n) is 2.73. The molecule has 0 unspecified atom stereocenters. The molecule has 0 atom stereocenters. The fraction of sp³-hybridized carbons (Fsp3) is 0.0667. The predicted molar refractivity (Wildman–Crippen MR) is 80.5 cm³/mol. The van der Waals surface area contributed by atoms with Crippen molar-refractivity contribution >= 4 is 23.2 Å². The first-order chi connectivity index (χ1) is 10.2. The maximum absolute atomic E-state index is 5.84. The average Bonchev–Trinajstić information content (AvgIpc) is 2.96. The van der Waals surface area contributed by atoms with E-state index < -0.39 is 0 Å². The van der Waals surface area contributed by atoms with Crippen LogP contribution in [-0.2, 0) is 6.61 Å². The van der Waals surface area contributed by atoms with Gasteiger partial charge in [-0.25, -0.2) is 0 Å². The highest BCUT2D eigenvalue weighted by molar-refractivity contribution is 6.30. The molecule has 0 radical (unpaired) electrons. The molecule has 106 valence electrons. The summed E-state index contributed by atoms with van der Waals surface area (Å²) in [5.74, 6) is 1.52. The lowest BCUT2D eigenvalue weighted by Crippen LogP contribution is -1.95. The molecule has 4 nitrogen and oxygen atoms in total. The van der Waals surface area contributed by atoms with Gasteiger partial charge in [-0.3, -0.25) is 0 Å². The zero-order valence-electron chi connectivity index (χ0n) is 10.8. The van der Waals surface area contributed by atoms with E-state index in [0.717, 1.165) is 5.56 Å². The summed E-state index contributed by atoms with van der Waals surface area (Å²) in [6, 6.07) is 14.2. The van der Waals surface area contributed by atoms with Gasteiger partial charge in [0, 0.05) is 15.6 Å². The summed E-state index contributed by atoms with van der Waals surface area (Å²) >= 11 is 11.6. The first-order valence-electron chi connectivity index (χ1n) is 6.17. The molecule has 0 aliphatic heterocycles. The van der Waals surface area contributed by atoms with E-state index in [1.165, 1.54) is 0 Å². The molecule has 0 aliphatic carbocycles. The Hall–Kier alpha value is -2.04. The van der Waals surface area contributed by atoms with Crippen LogP contribution in [0.25, 0.3) is 11.5 Å². The number of nitrogens with zero attached hydrogens (tertiary/aromatic N) is 2. The van der Waals surface area contributed by atoms with E-state index in [2.05, 4.69) is 10.2 Å². The van der Waals surface area contributed by atoms with Crippen LogP contribution >= 0.6 is 23.2 Å². The van der Waals surface area contributed by atoms with Gasteiger partial charge in [0.05, 0.1) is 0 Å². The molecule has 0 aliphatic rings. The van der Waals surface area contributed by atoms with E-state index >= 15 is 0 Å². The first-order valence-corrected chi connectivity index (χ1v) is 6.93. The van der Waals surface area contributed by atoms with Gasteiger partial charge in [0.1, 0.15) is 5.75 Å². The topological polar surface area (TPSA) is 48.2 Å². The summed E-state index contributed by atoms with van der Waals surface area (Å²) in [6.45, 7) is 0.197. The Balaban J connectivity index is 1.67. The lowest BCUT2D eigenvalue weighted by Gasteiger charge is -2.02. The Morgan fingerprint density at radius 1 is 0.857 bits per heavy atom. The molecule has 3 rings (SSSR count). The van der Waals surface area contributed by atoms with Crippen LogP contribution in [0.15, 0.2) is 52.9 Å². The molecule has 0 bridgehead atoms. The van der Waals surface area contributed by atoms with Crippen molar-refractivity contribution in [2.24, 2.45) is 0 Å². The second-order valence-electron chi connectivity index (χ2n) is 4.25. The van der Waals surface area contributed by atoms with Gasteiger partial charge in [-0.1, -0.05) is 23.2 Å². The van der Waals surface area contributed by atoms with Crippen LogP contribution in [0.2, 0.25) is 10.0 Å². The predicted octanol–water partition coefficient (Wildman–Crippen LogP) is 4.62. The molecule has 6 heteroatoms. The fourth-order valence-electron chi connectivity index (χ4n) is 1.70. The second-order valence-corrected chi connectivity index (χ2v) is 5.12. The summed E-state index contributed by atoms with van der Waals surface area (Å²) in [7, 11) is 0. The van der Waals surface area contributed by atoms with E-state index in [1.54, 1.807) is 36.4 Å². The largest absolute Gasteiger partial charge is 0.484 e. The third-order valence-corrected chi connectivity index (χ3v) is 3.24. The molecule has 0 amide bonds. The lowest BCUT2D eigenvalue weighted by molar-refractivity contribution is 0.264. The fourth-order valence-corrected chi connectivity index (χ4v) is 1.95. The zero-order chi connectivity index (χ0) is 14.7. The van der Waals surface area contributed by atoms with Crippen molar-refractivity contribution in [1.82, 2.24) is 10.2 Å². The summed E-state index contributed by atoms with van der Waals surface area (Å²) in [4.78, 5) is 0. The summed E-state index contributed by atoms with van der Waals surface area (Å²) in [6.07, 6.45) is 0. The van der Waals surface area contributed by atoms with Gasteiger partial charge in [-0.15, -0.1) is 10.2 Å². The maximum Gasteiger partial charge on any atom is 0.254 e. The van der Waals surface area contributed by atoms with Crippen molar-refractivity contribution in [2.45, 2.75) is 6.61 Å². The second kappa shape index (κ2) is 6.16. The normalized spacial score (nSPS) is 10.6. The standard InChI is InChI=1S/C15H10Cl2N2O2/c16-11-3-1-10(2-4-11)15-19-18-14(21-15)9-20-13-7-5-12(17)6-8-13/h1-8H,9H2. The lowest BCUT2D eigenvalue weighted by atomic mass is 10.2. The number of hydrogen-bond acceptors (Lipinski definition) is 4. The molecule has 1 heterocycles. The Morgan fingerprint density at radius 2 is 1.48 bits per heavy atom. The maximum atomic E-state index is 5.84. The van der Waals surface area contributed by atoms with Crippen molar-refractivity contribution in [3.05, 3.63) is 64.5 Å². The van der Waals surface area contributed by atoms with Crippen molar-refractivity contribution in [3.63, 3.8) is 0 Å². The summed E-state index contributed by atoms with van der Waals surface area (Å²) in [5.41, 5.74) is 0.810. The van der Waals surface area contributed by atoms with Crippen LogP contribution in [0.3, 0.4) is 0 Å². The van der Waals surface area contributed by atoms with Gasteiger partial charge in [0.25, 0.3) is 5.89 Å². The molecule has 21 heavy (non-hydrogen) atoms. The Kier molecular flexibility index (Phi) is 4.08. The van der Waals surface area contributed by atoms with Crippen molar-refractivity contribution in [3.8, 4) is 17.2 Å². The van der Waals surface area contributed by atoms with Crippen LogP contribution in [0.1, 0.15) is 5.89 Å². The molecular formula is C15H10Cl2N2O2. The van der Waals surface area contributed by atoms with Gasteiger partial charge in [-0.2, -0.15) is 0 Å². The molecule has 3 aromatic rings. The number of ether oxygens (including phenoxy) is 1. The molecule has 2 aromatic carbocycles. The Labute approximate surface area is 131 Å². The SMILES string of the molecule is Clc1ccc(OCc2nnc(-c3ccc(Cl)cc3)o2)cc1. The van der Waals surface area contributed by atoms with E-state index in [9.17, 15) is 0 Å². The minimum Gasteiger partial charge on any atom is -0.484 e. The quantitative estimate of drug-likeness (QED) is 0.703. The molecule has 1 aromatic heterocycles. The van der Waals surface area contributed by atoms with Crippen LogP contribution < -0.4 is 4.74 Å². The van der Waals surface area contributed by atoms with Crippen LogP contribution in [0, 0.1) is 0 Å². The molecule has 0 saturated carbocycles. The highest BCUT2D eigenvalue weighted by Crippen LogP contribution is 2.21. The monoisotopic (exact) mass is 320 g/mol. The molecule has 0 spiro atoms. The Morgan fingerprint density at radius 3 is 2.14 bits per heavy atom. The van der Waals surface area contributed by atoms with E-state index in [0.29, 0.717) is 27.6 Å². The number of rotatable bonds is 4. The van der Waals surface area contributed by atoms with E-state index in [1.807, 2.05) is 12.1 Å². The van der Waals surface area contributed by atoms with Gasteiger partial charge in [-0.05, 0) is 48.5 Å². The van der Waals surface area contributed by atoms with Gasteiger partial charge < -0.3 is 9.15 Å². The highest BCUT2D eigenvalue weighted by atomic mass is 35.5. The van der Waals surface area contributed by atoms with Crippen molar-refractivity contribution < 1.29 is 9.15 Å². The van der Waals surface area contributed by atoms with Gasteiger partial charge >= 0.3 is 0 Å². The molecule has 0 N–H and O–H groups in total. The first kappa shape index (κ1) is 13.9. The molecular weight excluding hydrogens is 311 g/mol. The number of halogens is 2. The smallest absolute Gasteiger partial charge is 0.254 e. The molecule has 0 saturated heterocycles. The minimum atomic E-state index is 0.197. The van der Waals surface area contributed by atoms with Gasteiger partial charge in [0.15, 0.2) is 6.61 Å². The zero-order valence-corrected chi connectivity index (χ0v) is 12.3. The average molecular weight is 321 g/mol. The van der Waals surface area contributed by atoms with E-state index in [4.69, 9.17) is 32.4 Å². The number of hydrogen-bond donors (Lipinski definition) is 0. The number of aromatic nitrogens is 2. The molecule has 0 fully saturated rings. The highest BCUT2D eigenvalue weighted by Gasteiger charge is 2.09. The minimum absolute atomic E-state index is 0.197. The van der Waals surface area contributed by atoms with Gasteiger partial charge in [0.2, 0.25) is 5.89 Å². The Bertz CT molecular complexity index is 724. The summed E-state index contributed by atoms with van der Waals surface area (Å²) < 4.78 is 11.1.